The Morgan fingerprint density at radius 3 is 2.54 bits per heavy atom. The van der Waals surface area contributed by atoms with E-state index in [1.165, 1.54) is 38.5 Å². The van der Waals surface area contributed by atoms with Crippen molar-refractivity contribution in [1.29, 1.82) is 0 Å². The van der Waals surface area contributed by atoms with Crippen molar-refractivity contribution < 1.29 is 9.26 Å². The number of hydrogen-bond donors (Lipinski definition) is 1. The lowest BCUT2D eigenvalue weighted by Gasteiger charge is -2.36. The van der Waals surface area contributed by atoms with E-state index >= 15 is 0 Å². The summed E-state index contributed by atoms with van der Waals surface area (Å²) in [6.45, 7) is 8.32. The Kier molecular flexibility index (Phi) is 10.6. The van der Waals surface area contributed by atoms with Crippen LogP contribution in [0.5, 0.6) is 0 Å². The maximum absolute atomic E-state index is 6.07. The van der Waals surface area contributed by atoms with Crippen molar-refractivity contribution in [2.24, 2.45) is 4.99 Å². The molecular weight excluding hydrogens is 469 g/mol. The number of rotatable bonds is 6. The van der Waals surface area contributed by atoms with Gasteiger partial charge in [0.2, 0.25) is 0 Å². The van der Waals surface area contributed by atoms with Gasteiger partial charge in [0.1, 0.15) is 5.76 Å². The molecule has 7 nitrogen and oxygen atoms in total. The molecule has 0 unspecified atom stereocenters. The maximum atomic E-state index is 6.07. The second-order valence-electron chi connectivity index (χ2n) is 7.65. The molecule has 0 bridgehead atoms. The molecule has 3 rings (SSSR count). The predicted molar refractivity (Wildman–Crippen MR) is 122 cm³/mol. The number of guanidine groups is 1. The number of piperazine rings is 1. The SMILES string of the molecule is CN=C(NCCOC1CCCCCC1)N1CCN(Cc2cc(C)on2)CC1.I. The summed E-state index contributed by atoms with van der Waals surface area (Å²) in [6, 6.07) is 2.02. The zero-order valence-corrected chi connectivity index (χ0v) is 19.7. The molecule has 28 heavy (non-hydrogen) atoms. The van der Waals surface area contributed by atoms with Gasteiger partial charge in [0.15, 0.2) is 5.96 Å². The van der Waals surface area contributed by atoms with E-state index in [0.717, 1.165) is 63.3 Å². The molecule has 1 aromatic rings. The number of nitrogens with zero attached hydrogens (tertiary/aromatic N) is 4. The van der Waals surface area contributed by atoms with E-state index < -0.39 is 0 Å². The molecule has 0 radical (unpaired) electrons. The Hall–Kier alpha value is -0.870. The third kappa shape index (κ3) is 7.51. The fourth-order valence-electron chi connectivity index (χ4n) is 3.97. The van der Waals surface area contributed by atoms with Crippen LogP contribution < -0.4 is 5.32 Å². The van der Waals surface area contributed by atoms with Crippen LogP contribution in [-0.4, -0.2) is 73.4 Å². The number of nitrogens with one attached hydrogen (secondary N) is 1. The highest BCUT2D eigenvalue weighted by Crippen LogP contribution is 2.19. The summed E-state index contributed by atoms with van der Waals surface area (Å²) in [5.41, 5.74) is 1.01. The average Bonchev–Trinajstić information content (AvgIpc) is 2.93. The second kappa shape index (κ2) is 12.6. The van der Waals surface area contributed by atoms with Crippen molar-refractivity contribution in [3.05, 3.63) is 17.5 Å². The minimum absolute atomic E-state index is 0. The van der Waals surface area contributed by atoms with Crippen molar-refractivity contribution in [2.45, 2.75) is 58.1 Å². The Bertz CT molecular complexity index is 579. The molecule has 8 heteroatoms. The molecule has 1 N–H and O–H groups in total. The molecular formula is C20H36IN5O2. The predicted octanol–water partition coefficient (Wildman–Crippen LogP) is 3.03. The molecule has 1 aliphatic heterocycles. The molecule has 160 valence electrons. The van der Waals surface area contributed by atoms with Crippen molar-refractivity contribution in [2.75, 3.05) is 46.4 Å². The third-order valence-corrected chi connectivity index (χ3v) is 5.49. The zero-order chi connectivity index (χ0) is 18.9. The van der Waals surface area contributed by atoms with Gasteiger partial charge in [-0.25, -0.2) is 0 Å². The minimum Gasteiger partial charge on any atom is -0.376 e. The van der Waals surface area contributed by atoms with Crippen LogP contribution in [-0.2, 0) is 11.3 Å². The van der Waals surface area contributed by atoms with Gasteiger partial charge in [-0.3, -0.25) is 9.89 Å². The first-order chi connectivity index (χ1) is 13.2. The molecule has 2 aliphatic rings. The fraction of sp³-hybridized carbons (Fsp3) is 0.800. The number of halogens is 1. The highest BCUT2D eigenvalue weighted by Gasteiger charge is 2.20. The Morgan fingerprint density at radius 1 is 1.21 bits per heavy atom. The average molecular weight is 505 g/mol. The van der Waals surface area contributed by atoms with E-state index in [1.54, 1.807) is 0 Å². The number of ether oxygens (including phenoxy) is 1. The summed E-state index contributed by atoms with van der Waals surface area (Å²) in [7, 11) is 1.86. The molecule has 1 aliphatic carbocycles. The van der Waals surface area contributed by atoms with E-state index in [4.69, 9.17) is 9.26 Å². The Morgan fingerprint density at radius 2 is 1.93 bits per heavy atom. The highest BCUT2D eigenvalue weighted by atomic mass is 127. The second-order valence-corrected chi connectivity index (χ2v) is 7.65. The van der Waals surface area contributed by atoms with Gasteiger partial charge >= 0.3 is 0 Å². The van der Waals surface area contributed by atoms with Crippen LogP contribution in [0, 0.1) is 6.92 Å². The first-order valence-corrected chi connectivity index (χ1v) is 10.5. The quantitative estimate of drug-likeness (QED) is 0.211. The van der Waals surface area contributed by atoms with Crippen LogP contribution in [0.1, 0.15) is 50.0 Å². The third-order valence-electron chi connectivity index (χ3n) is 5.49. The van der Waals surface area contributed by atoms with Crippen molar-refractivity contribution in [1.82, 2.24) is 20.3 Å². The minimum atomic E-state index is 0. The summed E-state index contributed by atoms with van der Waals surface area (Å²) in [4.78, 5) is 9.20. The smallest absolute Gasteiger partial charge is 0.193 e. The van der Waals surface area contributed by atoms with E-state index in [2.05, 4.69) is 25.3 Å². The number of aryl methyl sites for hydroxylation is 1. The summed E-state index contributed by atoms with van der Waals surface area (Å²) in [5.74, 6) is 1.86. The maximum Gasteiger partial charge on any atom is 0.193 e. The van der Waals surface area contributed by atoms with Crippen molar-refractivity contribution in [3.8, 4) is 0 Å². The topological polar surface area (TPSA) is 66.1 Å². The monoisotopic (exact) mass is 505 g/mol. The van der Waals surface area contributed by atoms with Gasteiger partial charge in [-0.1, -0.05) is 30.8 Å². The molecule has 2 heterocycles. The Labute approximate surface area is 186 Å². The van der Waals surface area contributed by atoms with Gasteiger partial charge in [-0.2, -0.15) is 0 Å². The van der Waals surface area contributed by atoms with Gasteiger partial charge < -0.3 is 19.5 Å². The molecule has 1 saturated heterocycles. The largest absolute Gasteiger partial charge is 0.376 e. The van der Waals surface area contributed by atoms with E-state index in [0.29, 0.717) is 6.10 Å². The lowest BCUT2D eigenvalue weighted by atomic mass is 10.1. The molecule has 2 fully saturated rings. The van der Waals surface area contributed by atoms with E-state index in [-0.39, 0.29) is 24.0 Å². The van der Waals surface area contributed by atoms with Crippen LogP contribution in [0.25, 0.3) is 0 Å². The van der Waals surface area contributed by atoms with Crippen LogP contribution in [0.2, 0.25) is 0 Å². The normalized spacial score (nSPS) is 19.9. The van der Waals surface area contributed by atoms with Gasteiger partial charge in [-0.05, 0) is 19.8 Å². The number of aromatic nitrogens is 1. The van der Waals surface area contributed by atoms with Crippen LogP contribution in [0.15, 0.2) is 15.6 Å². The highest BCUT2D eigenvalue weighted by molar-refractivity contribution is 14.0. The van der Waals surface area contributed by atoms with Gasteiger partial charge in [-0.15, -0.1) is 24.0 Å². The lowest BCUT2D eigenvalue weighted by Crippen LogP contribution is -2.52. The molecule has 0 spiro atoms. The summed E-state index contributed by atoms with van der Waals surface area (Å²) in [5, 5.41) is 7.56. The van der Waals surface area contributed by atoms with Crippen molar-refractivity contribution >= 4 is 29.9 Å². The fourth-order valence-corrected chi connectivity index (χ4v) is 3.97. The van der Waals surface area contributed by atoms with Crippen molar-refractivity contribution in [3.63, 3.8) is 0 Å². The van der Waals surface area contributed by atoms with E-state index in [9.17, 15) is 0 Å². The zero-order valence-electron chi connectivity index (χ0n) is 17.4. The first-order valence-electron chi connectivity index (χ1n) is 10.5. The van der Waals surface area contributed by atoms with Gasteiger partial charge in [0.05, 0.1) is 18.4 Å². The first kappa shape index (κ1) is 23.4. The van der Waals surface area contributed by atoms with Gasteiger partial charge in [0, 0.05) is 52.4 Å². The van der Waals surface area contributed by atoms with Crippen LogP contribution >= 0.6 is 24.0 Å². The molecule has 0 amide bonds. The van der Waals surface area contributed by atoms with Crippen LogP contribution in [0.3, 0.4) is 0 Å². The summed E-state index contributed by atoms with van der Waals surface area (Å²) >= 11 is 0. The summed E-state index contributed by atoms with van der Waals surface area (Å²) < 4.78 is 11.2. The van der Waals surface area contributed by atoms with E-state index in [1.807, 2.05) is 20.0 Å². The summed E-state index contributed by atoms with van der Waals surface area (Å²) in [6.07, 6.45) is 8.28. The molecule has 0 atom stereocenters. The number of hydrogen-bond acceptors (Lipinski definition) is 5. The lowest BCUT2D eigenvalue weighted by molar-refractivity contribution is 0.0464. The molecule has 0 aromatic carbocycles. The van der Waals surface area contributed by atoms with Crippen LogP contribution in [0.4, 0.5) is 0 Å². The number of aliphatic imine (C=N–C) groups is 1. The molecule has 1 aromatic heterocycles. The molecule has 1 saturated carbocycles. The Balaban J connectivity index is 0.00000280. The van der Waals surface area contributed by atoms with Gasteiger partial charge in [0.25, 0.3) is 0 Å². The standard InChI is InChI=1S/C20H35N5O2.HI/c1-17-15-18(23-27-17)16-24-10-12-25(13-11-24)20(21-2)22-9-14-26-19-7-5-3-4-6-8-19;/h15,19H,3-14,16H2,1-2H3,(H,21,22);1H.